The molecule has 4 rings (SSSR count). The van der Waals surface area contributed by atoms with E-state index in [-0.39, 0.29) is 49.1 Å². The summed E-state index contributed by atoms with van der Waals surface area (Å²) in [5.74, 6) is -1.86. The maximum absolute atomic E-state index is 14.3. The fraction of sp³-hybridized carbons (Fsp3) is 0.278. The van der Waals surface area contributed by atoms with Gasteiger partial charge in [-0.25, -0.2) is 8.78 Å². The number of halogens is 2. The molecule has 0 saturated carbocycles. The van der Waals surface area contributed by atoms with Gasteiger partial charge in [-0.3, -0.25) is 9.59 Å². The summed E-state index contributed by atoms with van der Waals surface area (Å²) >= 11 is 0. The van der Waals surface area contributed by atoms with Gasteiger partial charge in [-0.1, -0.05) is 42.5 Å². The van der Waals surface area contributed by atoms with E-state index in [0.717, 1.165) is 5.56 Å². The van der Waals surface area contributed by atoms with Gasteiger partial charge in [0.25, 0.3) is 5.91 Å². The Bertz CT molecular complexity index is 1690. The summed E-state index contributed by atoms with van der Waals surface area (Å²) in [6.45, 7) is 5.62. The maximum Gasteiger partial charge on any atom is 1.00 e. The van der Waals surface area contributed by atoms with Crippen molar-refractivity contribution in [2.24, 2.45) is 0 Å². The van der Waals surface area contributed by atoms with Gasteiger partial charge in [-0.2, -0.15) is 0 Å². The summed E-state index contributed by atoms with van der Waals surface area (Å²) in [6.07, 6.45) is -0.224. The first-order valence-electron chi connectivity index (χ1n) is 14.9. The van der Waals surface area contributed by atoms with Gasteiger partial charge in [0.05, 0.1) is 31.8 Å². The van der Waals surface area contributed by atoms with Gasteiger partial charge in [-0.15, -0.1) is 0 Å². The van der Waals surface area contributed by atoms with E-state index in [9.17, 15) is 28.6 Å². The number of ether oxygens (including phenoxy) is 1. The number of benzene rings is 3. The zero-order valence-electron chi connectivity index (χ0n) is 28.1. The second-order valence-corrected chi connectivity index (χ2v) is 11.3. The number of methoxy groups -OCH3 is 1. The van der Waals surface area contributed by atoms with E-state index in [0.29, 0.717) is 33.7 Å². The van der Waals surface area contributed by atoms with Crippen LogP contribution in [0.4, 0.5) is 8.78 Å². The second kappa shape index (κ2) is 16.9. The van der Waals surface area contributed by atoms with Crippen LogP contribution in [0.3, 0.4) is 0 Å². The van der Waals surface area contributed by atoms with Crippen molar-refractivity contribution in [2.45, 2.75) is 57.9 Å². The third kappa shape index (κ3) is 9.39. The Kier molecular flexibility index (Phi) is 13.5. The van der Waals surface area contributed by atoms with Crippen LogP contribution in [0, 0.1) is 11.6 Å². The molecule has 1 amide bonds. The number of aliphatic carboxylic acids is 1. The van der Waals surface area contributed by atoms with Crippen molar-refractivity contribution in [2.75, 3.05) is 7.11 Å². The largest absolute Gasteiger partial charge is 1.00 e. The molecule has 244 valence electrons. The number of rotatable bonds is 13. The van der Waals surface area contributed by atoms with Gasteiger partial charge in [0.15, 0.2) is 0 Å². The zero-order chi connectivity index (χ0) is 33.5. The molecule has 47 heavy (non-hydrogen) atoms. The van der Waals surface area contributed by atoms with Crippen LogP contribution < -0.4 is 39.6 Å². The molecule has 0 spiro atoms. The van der Waals surface area contributed by atoms with Crippen LogP contribution in [0.5, 0.6) is 5.75 Å². The first-order valence-corrected chi connectivity index (χ1v) is 14.9. The zero-order valence-corrected chi connectivity index (χ0v) is 29.1. The summed E-state index contributed by atoms with van der Waals surface area (Å²) in [5.41, 5.74) is 3.71. The summed E-state index contributed by atoms with van der Waals surface area (Å²) in [5, 5.41) is 32.9. The van der Waals surface area contributed by atoms with Crippen molar-refractivity contribution in [3.05, 3.63) is 107 Å². The van der Waals surface area contributed by atoms with Crippen molar-refractivity contribution >= 4 is 18.0 Å². The minimum absolute atomic E-state index is 0. The summed E-state index contributed by atoms with van der Waals surface area (Å²) in [4.78, 5) is 25.3. The molecule has 11 heteroatoms. The number of aliphatic hydroxyl groups excluding tert-OH is 2. The Labute approximate surface area is 296 Å². The number of nitrogens with one attached hydrogen (secondary N) is 1. The number of hydrogen-bond donors (Lipinski definition) is 4. The third-order valence-corrected chi connectivity index (χ3v) is 7.60. The molecular weight excluding hydrogens is 617 g/mol. The molecule has 4 aromatic rings. The first kappa shape index (κ1) is 37.7. The molecule has 4 N–H and O–H groups in total. The average Bonchev–Trinajstić information content (AvgIpc) is 3.36. The molecule has 0 unspecified atom stereocenters. The number of aromatic nitrogens is 1. The number of aliphatic hydroxyl groups is 2. The minimum atomic E-state index is -1.28. The average molecular weight is 657 g/mol. The number of carboxylic acid groups (broad SMARTS) is 1. The molecule has 3 aromatic carbocycles. The number of carbonyl (C=O) groups is 2. The molecule has 1 aromatic heterocycles. The molecule has 3 atom stereocenters. The Balaban J connectivity index is 0.00000400. The van der Waals surface area contributed by atoms with E-state index in [1.807, 2.05) is 32.9 Å². The Morgan fingerprint density at radius 3 is 1.91 bits per heavy atom. The quantitative estimate of drug-likeness (QED) is 0.162. The predicted octanol–water partition coefficient (Wildman–Crippen LogP) is 3.90. The standard InChI is InChI=1S/C36H38F2N2O6.Na.H/c1-21(2)40-31(18-15-28(41)19-29(42)20-32(43)44)33(24-5-11-26(37)12-6-24)34(25-7-13-27(38)14-8-25)35(40)36(45)39-22(3)23-9-16-30(46-4)17-10-23;;/h5-18,21-22,28-29,41-42H,19-20H2,1-4H3,(H,39,45)(H,43,44);;/q;+1;-1/b18-15+;;/t22-,28-,29-;;/m1../s1. The molecule has 0 radical (unpaired) electrons. The number of hydrogen-bond acceptors (Lipinski definition) is 5. The van der Waals surface area contributed by atoms with E-state index in [1.165, 1.54) is 30.3 Å². The van der Waals surface area contributed by atoms with Gasteiger partial charge >= 0.3 is 35.5 Å². The van der Waals surface area contributed by atoms with E-state index in [2.05, 4.69) is 5.32 Å². The molecule has 1 heterocycles. The number of carbonyl (C=O) groups excluding carboxylic acids is 1. The second-order valence-electron chi connectivity index (χ2n) is 11.3. The van der Waals surface area contributed by atoms with Gasteiger partial charge in [-0.05, 0) is 79.9 Å². The smallest absolute Gasteiger partial charge is 1.00 e. The van der Waals surface area contributed by atoms with Gasteiger partial charge in [0.2, 0.25) is 0 Å². The van der Waals surface area contributed by atoms with E-state index in [1.54, 1.807) is 54.2 Å². The van der Waals surface area contributed by atoms with Crippen LogP contribution in [0.15, 0.2) is 78.9 Å². The fourth-order valence-electron chi connectivity index (χ4n) is 5.42. The molecule has 0 fully saturated rings. The summed E-state index contributed by atoms with van der Waals surface area (Å²) < 4.78 is 35.3. The van der Waals surface area contributed by atoms with Crippen molar-refractivity contribution in [3.63, 3.8) is 0 Å². The number of carboxylic acids is 1. The summed E-state index contributed by atoms with van der Waals surface area (Å²) in [6, 6.07) is 18.0. The van der Waals surface area contributed by atoms with Crippen molar-refractivity contribution in [3.8, 4) is 28.0 Å². The van der Waals surface area contributed by atoms with Crippen LogP contribution in [-0.4, -0.2) is 51.1 Å². The molecule has 0 saturated heterocycles. The molecule has 0 aliphatic carbocycles. The van der Waals surface area contributed by atoms with Crippen LogP contribution in [-0.2, 0) is 4.79 Å². The fourth-order valence-corrected chi connectivity index (χ4v) is 5.42. The predicted molar refractivity (Wildman–Crippen MR) is 174 cm³/mol. The number of nitrogens with zero attached hydrogens (tertiary/aromatic N) is 1. The SMILES string of the molecule is COc1ccc([C@@H](C)NC(=O)c2c(-c3ccc(F)cc3)c(-c3ccc(F)cc3)c(/C=C/[C@@H](O)C[C@@H](O)CC(=O)O)n2C(C)C)cc1.[H-].[Na+]. The van der Waals surface area contributed by atoms with Gasteiger partial charge < -0.3 is 31.4 Å². The summed E-state index contributed by atoms with van der Waals surface area (Å²) in [7, 11) is 1.57. The first-order chi connectivity index (χ1) is 21.9. The normalized spacial score (nSPS) is 13.2. The minimum Gasteiger partial charge on any atom is -1.00 e. The van der Waals surface area contributed by atoms with E-state index in [4.69, 9.17) is 9.84 Å². The monoisotopic (exact) mass is 656 g/mol. The molecule has 0 aliphatic rings. The van der Waals surface area contributed by atoms with Crippen molar-refractivity contribution < 1.29 is 69.4 Å². The molecule has 0 aliphatic heterocycles. The van der Waals surface area contributed by atoms with Crippen LogP contribution in [0.2, 0.25) is 0 Å². The van der Waals surface area contributed by atoms with Crippen molar-refractivity contribution in [1.29, 1.82) is 0 Å². The Morgan fingerprint density at radius 1 is 0.894 bits per heavy atom. The topological polar surface area (TPSA) is 121 Å². The van der Waals surface area contributed by atoms with Gasteiger partial charge in [0.1, 0.15) is 23.1 Å². The van der Waals surface area contributed by atoms with Crippen LogP contribution in [0.25, 0.3) is 28.3 Å². The van der Waals surface area contributed by atoms with E-state index >= 15 is 0 Å². The van der Waals surface area contributed by atoms with Crippen LogP contribution >= 0.6 is 0 Å². The van der Waals surface area contributed by atoms with Crippen LogP contribution in [0.1, 0.15) is 68.9 Å². The number of amides is 1. The van der Waals surface area contributed by atoms with Crippen molar-refractivity contribution in [1.82, 2.24) is 9.88 Å². The Hall–Kier alpha value is -3.80. The third-order valence-electron chi connectivity index (χ3n) is 7.60. The molecule has 0 bridgehead atoms. The Morgan fingerprint density at radius 2 is 1.43 bits per heavy atom. The molecular formula is C36H39F2N2NaO6. The molecule has 8 nitrogen and oxygen atoms in total. The maximum atomic E-state index is 14.3. The van der Waals surface area contributed by atoms with E-state index < -0.39 is 48.2 Å². The van der Waals surface area contributed by atoms with Gasteiger partial charge in [0, 0.05) is 29.3 Å².